The number of anilines is 2. The van der Waals surface area contributed by atoms with E-state index in [9.17, 15) is 14.7 Å². The number of carbonyl (C=O) groups is 2. The van der Waals surface area contributed by atoms with Crippen LogP contribution in [0.15, 0.2) is 36.5 Å². The number of likely N-dealkylation sites (N-methyl/N-ethyl adjacent to an activating group) is 1. The monoisotopic (exact) mass is 580 g/mol. The normalized spacial score (nSPS) is 18.0. The zero-order valence-electron chi connectivity index (χ0n) is 22.9. The molecule has 1 saturated carbocycles. The SMILES string of the molecule is CN1CCOc2cc(-c3ccccc3-c3nc(N(C(=O)C(CC(=O)O)CC4CCOCC4)C4CC4)sc3F)cnc21. The summed E-state index contributed by atoms with van der Waals surface area (Å²) in [7, 11) is 1.96. The summed E-state index contributed by atoms with van der Waals surface area (Å²) >= 11 is 0.836. The summed E-state index contributed by atoms with van der Waals surface area (Å²) in [4.78, 5) is 38.5. The maximum absolute atomic E-state index is 15.7. The molecule has 1 aliphatic carbocycles. The maximum atomic E-state index is 15.7. The number of hydrogen-bond donors (Lipinski definition) is 1. The second-order valence-corrected chi connectivity index (χ2v) is 11.9. The third-order valence-corrected chi connectivity index (χ3v) is 8.87. The number of benzene rings is 1. The van der Waals surface area contributed by atoms with Crippen molar-refractivity contribution in [2.75, 3.05) is 43.2 Å². The number of aromatic nitrogens is 2. The largest absolute Gasteiger partial charge is 0.488 e. The first-order valence-electron chi connectivity index (χ1n) is 14.1. The Morgan fingerprint density at radius 1 is 1.17 bits per heavy atom. The fraction of sp³-hybridized carbons (Fsp3) is 0.467. The van der Waals surface area contributed by atoms with Gasteiger partial charge in [-0.25, -0.2) is 9.97 Å². The first-order chi connectivity index (χ1) is 19.9. The van der Waals surface area contributed by atoms with Gasteiger partial charge in [0.2, 0.25) is 11.0 Å². The van der Waals surface area contributed by atoms with Gasteiger partial charge in [0, 0.05) is 49.5 Å². The molecule has 0 spiro atoms. The number of thiazole rings is 1. The minimum atomic E-state index is -1.01. The van der Waals surface area contributed by atoms with Crippen molar-refractivity contribution >= 4 is 34.2 Å². The predicted octanol–water partition coefficient (Wildman–Crippen LogP) is 5.24. The number of aliphatic carboxylic acids is 1. The van der Waals surface area contributed by atoms with Crippen molar-refractivity contribution in [1.29, 1.82) is 0 Å². The van der Waals surface area contributed by atoms with Crippen molar-refractivity contribution in [3.63, 3.8) is 0 Å². The molecule has 1 saturated heterocycles. The molecule has 2 aromatic heterocycles. The van der Waals surface area contributed by atoms with E-state index in [2.05, 4.69) is 9.97 Å². The van der Waals surface area contributed by atoms with E-state index in [-0.39, 0.29) is 35.1 Å². The number of nitrogens with zero attached hydrogens (tertiary/aromatic N) is 4. The van der Waals surface area contributed by atoms with E-state index >= 15 is 4.39 Å². The molecule has 3 aliphatic rings. The van der Waals surface area contributed by atoms with Crippen molar-refractivity contribution in [3.05, 3.63) is 41.7 Å². The van der Waals surface area contributed by atoms with E-state index in [4.69, 9.17) is 9.47 Å². The van der Waals surface area contributed by atoms with E-state index in [1.165, 1.54) is 0 Å². The fourth-order valence-corrected chi connectivity index (χ4v) is 6.59. The third kappa shape index (κ3) is 5.92. The van der Waals surface area contributed by atoms with Crippen molar-refractivity contribution in [3.8, 4) is 28.1 Å². The highest BCUT2D eigenvalue weighted by Crippen LogP contribution is 2.42. The van der Waals surface area contributed by atoms with Gasteiger partial charge < -0.3 is 19.5 Å². The molecule has 1 unspecified atom stereocenters. The maximum Gasteiger partial charge on any atom is 0.304 e. The van der Waals surface area contributed by atoms with Crippen LogP contribution >= 0.6 is 11.3 Å². The Labute approximate surface area is 241 Å². The van der Waals surface area contributed by atoms with Crippen LogP contribution in [0.1, 0.15) is 38.5 Å². The fourth-order valence-electron chi connectivity index (χ4n) is 5.70. The Morgan fingerprint density at radius 2 is 1.93 bits per heavy atom. The topological polar surface area (TPSA) is 105 Å². The van der Waals surface area contributed by atoms with Crippen LogP contribution in [0.3, 0.4) is 0 Å². The van der Waals surface area contributed by atoms with Crippen molar-refractivity contribution in [2.45, 2.75) is 44.6 Å². The van der Waals surface area contributed by atoms with Crippen LogP contribution in [-0.4, -0.2) is 66.4 Å². The number of rotatable bonds is 9. The Hall–Kier alpha value is -3.57. The van der Waals surface area contributed by atoms with Crippen LogP contribution in [0.2, 0.25) is 0 Å². The molecule has 216 valence electrons. The van der Waals surface area contributed by atoms with E-state index in [0.717, 1.165) is 60.5 Å². The number of halogens is 1. The molecule has 2 fully saturated rings. The van der Waals surface area contributed by atoms with Crippen LogP contribution in [-0.2, 0) is 14.3 Å². The average Bonchev–Trinajstić information content (AvgIpc) is 3.73. The van der Waals surface area contributed by atoms with Gasteiger partial charge in [-0.2, -0.15) is 4.39 Å². The Kier molecular flexibility index (Phi) is 7.90. The summed E-state index contributed by atoms with van der Waals surface area (Å²) in [6.07, 6.45) is 5.14. The van der Waals surface area contributed by atoms with Gasteiger partial charge in [-0.15, -0.1) is 0 Å². The molecule has 1 atom stereocenters. The molecule has 1 N–H and O–H groups in total. The van der Waals surface area contributed by atoms with Crippen molar-refractivity contribution < 1.29 is 28.6 Å². The van der Waals surface area contributed by atoms with Gasteiger partial charge in [-0.1, -0.05) is 35.6 Å². The number of carboxylic acids is 1. The third-order valence-electron chi connectivity index (χ3n) is 8.03. The zero-order chi connectivity index (χ0) is 28.5. The van der Waals surface area contributed by atoms with Crippen molar-refractivity contribution in [1.82, 2.24) is 9.97 Å². The van der Waals surface area contributed by atoms with Gasteiger partial charge in [0.15, 0.2) is 16.7 Å². The summed E-state index contributed by atoms with van der Waals surface area (Å²) in [6, 6.07) is 9.23. The minimum absolute atomic E-state index is 0.0962. The number of carboxylic acid groups (broad SMARTS) is 1. The summed E-state index contributed by atoms with van der Waals surface area (Å²) < 4.78 is 27.0. The predicted molar refractivity (Wildman–Crippen MR) is 154 cm³/mol. The highest BCUT2D eigenvalue weighted by molar-refractivity contribution is 7.14. The molecule has 2 aliphatic heterocycles. The molecule has 6 rings (SSSR count). The van der Waals surface area contributed by atoms with Gasteiger partial charge in [0.05, 0.1) is 13.0 Å². The average molecular weight is 581 g/mol. The molecular formula is C30H33FN4O5S. The molecule has 11 heteroatoms. The molecule has 1 aromatic carbocycles. The molecule has 0 bridgehead atoms. The molecule has 3 aromatic rings. The lowest BCUT2D eigenvalue weighted by Gasteiger charge is -2.29. The molecule has 41 heavy (non-hydrogen) atoms. The van der Waals surface area contributed by atoms with Crippen LogP contribution in [0.4, 0.5) is 15.3 Å². The van der Waals surface area contributed by atoms with E-state index in [1.54, 1.807) is 11.1 Å². The molecule has 9 nitrogen and oxygen atoms in total. The summed E-state index contributed by atoms with van der Waals surface area (Å²) in [5.74, 6) is -0.337. The van der Waals surface area contributed by atoms with E-state index in [0.29, 0.717) is 37.6 Å². The second kappa shape index (κ2) is 11.7. The number of carbonyl (C=O) groups excluding carboxylic acids is 1. The molecular weight excluding hydrogens is 547 g/mol. The second-order valence-electron chi connectivity index (χ2n) is 11.0. The number of fused-ring (bicyclic) bond motifs is 1. The lowest BCUT2D eigenvalue weighted by molar-refractivity contribution is -0.141. The standard InChI is InChI=1S/C30H33FN4O5S/c1-34-10-13-40-24-15-20(17-32-28(24)34)22-4-2-3-5-23(22)26-27(31)41-30(33-26)35(21-6-7-21)29(38)19(16-25(36)37)14-18-8-11-39-12-9-18/h2-5,15,17-19,21H,6-14,16H2,1H3,(H,36,37). The lowest BCUT2D eigenvalue weighted by Crippen LogP contribution is -2.40. The van der Waals surface area contributed by atoms with E-state index < -0.39 is 17.0 Å². The van der Waals surface area contributed by atoms with E-state index in [1.807, 2.05) is 42.3 Å². The number of hydrogen-bond acceptors (Lipinski definition) is 8. The first-order valence-corrected chi connectivity index (χ1v) is 14.9. The van der Waals surface area contributed by atoms with Gasteiger partial charge in [0.1, 0.15) is 12.3 Å². The quantitative estimate of drug-likeness (QED) is 0.366. The number of ether oxygens (including phenoxy) is 2. The number of pyridine rings is 1. The van der Waals surface area contributed by atoms with Crippen LogP contribution in [0, 0.1) is 17.0 Å². The summed E-state index contributed by atoms with van der Waals surface area (Å²) in [5, 5.41) is 9.39. The summed E-state index contributed by atoms with van der Waals surface area (Å²) in [5.41, 5.74) is 2.28. The highest BCUT2D eigenvalue weighted by atomic mass is 32.1. The molecule has 0 radical (unpaired) electrons. The minimum Gasteiger partial charge on any atom is -0.488 e. The molecule has 1 amide bonds. The van der Waals surface area contributed by atoms with Crippen molar-refractivity contribution in [2.24, 2.45) is 11.8 Å². The molecule has 4 heterocycles. The Bertz CT molecular complexity index is 1440. The highest BCUT2D eigenvalue weighted by Gasteiger charge is 2.40. The Morgan fingerprint density at radius 3 is 2.66 bits per heavy atom. The Balaban J connectivity index is 1.32. The lowest BCUT2D eigenvalue weighted by atomic mass is 9.86. The van der Waals surface area contributed by atoms with Crippen LogP contribution in [0.5, 0.6) is 5.75 Å². The van der Waals surface area contributed by atoms with Gasteiger partial charge >= 0.3 is 5.97 Å². The number of amides is 1. The summed E-state index contributed by atoms with van der Waals surface area (Å²) in [6.45, 7) is 2.55. The van der Waals surface area contributed by atoms with Crippen LogP contribution < -0.4 is 14.5 Å². The van der Waals surface area contributed by atoms with Gasteiger partial charge in [-0.05, 0) is 49.7 Å². The van der Waals surface area contributed by atoms with Gasteiger partial charge in [-0.3, -0.25) is 14.5 Å². The smallest absolute Gasteiger partial charge is 0.304 e. The van der Waals surface area contributed by atoms with Crippen LogP contribution in [0.25, 0.3) is 22.4 Å². The zero-order valence-corrected chi connectivity index (χ0v) is 23.7. The van der Waals surface area contributed by atoms with Gasteiger partial charge in [0.25, 0.3) is 0 Å². The first kappa shape index (κ1) is 27.6.